The molecule has 2 aromatic rings. The molecule has 0 radical (unpaired) electrons. The summed E-state index contributed by atoms with van der Waals surface area (Å²) in [5.41, 5.74) is 8.48. The Kier molecular flexibility index (Phi) is 2.47. The third kappa shape index (κ3) is 1.62. The second kappa shape index (κ2) is 3.77. The van der Waals surface area contributed by atoms with Crippen molar-refractivity contribution < 1.29 is 4.74 Å². The second-order valence-corrected chi connectivity index (χ2v) is 3.17. The molecule has 4 nitrogen and oxygen atoms in total. The summed E-state index contributed by atoms with van der Waals surface area (Å²) in [6.07, 6.45) is 3.92. The molecular formula is C10H13N3O. The molecule has 2 aromatic heterocycles. The number of methoxy groups -OCH3 is 1. The highest BCUT2D eigenvalue weighted by Gasteiger charge is 2.01. The van der Waals surface area contributed by atoms with E-state index in [2.05, 4.69) is 4.98 Å². The normalized spacial score (nSPS) is 11.0. The molecule has 0 aliphatic rings. The molecule has 74 valence electrons. The lowest BCUT2D eigenvalue weighted by molar-refractivity contribution is 0.182. The Morgan fingerprint density at radius 1 is 1.57 bits per heavy atom. The number of aromatic nitrogens is 2. The molecule has 0 fully saturated rings. The molecule has 0 bridgehead atoms. The van der Waals surface area contributed by atoms with E-state index in [9.17, 15) is 0 Å². The highest BCUT2D eigenvalue weighted by molar-refractivity contribution is 5.42. The number of nitrogens with two attached hydrogens (primary N) is 1. The molecule has 2 heterocycles. The van der Waals surface area contributed by atoms with Crippen LogP contribution in [0.4, 0.5) is 0 Å². The minimum atomic E-state index is 0.541. The van der Waals surface area contributed by atoms with Gasteiger partial charge in [0.25, 0.3) is 0 Å². The SMILES string of the molecule is COCc1cn2ccc(CN)cc2n1. The van der Waals surface area contributed by atoms with E-state index in [1.165, 1.54) is 0 Å². The van der Waals surface area contributed by atoms with E-state index in [4.69, 9.17) is 10.5 Å². The molecule has 0 unspecified atom stereocenters. The Bertz CT molecular complexity index is 436. The maximum Gasteiger partial charge on any atom is 0.137 e. The molecule has 0 aromatic carbocycles. The van der Waals surface area contributed by atoms with Gasteiger partial charge in [-0.05, 0) is 17.7 Å². The first kappa shape index (κ1) is 9.18. The van der Waals surface area contributed by atoms with Gasteiger partial charge >= 0.3 is 0 Å². The number of fused-ring (bicyclic) bond motifs is 1. The summed E-state index contributed by atoms with van der Waals surface area (Å²) in [5.74, 6) is 0. The second-order valence-electron chi connectivity index (χ2n) is 3.17. The van der Waals surface area contributed by atoms with E-state index in [1.54, 1.807) is 7.11 Å². The van der Waals surface area contributed by atoms with Crippen molar-refractivity contribution in [1.29, 1.82) is 0 Å². The fourth-order valence-corrected chi connectivity index (χ4v) is 1.42. The quantitative estimate of drug-likeness (QED) is 0.785. The zero-order valence-corrected chi connectivity index (χ0v) is 8.10. The van der Waals surface area contributed by atoms with E-state index >= 15 is 0 Å². The zero-order chi connectivity index (χ0) is 9.97. The van der Waals surface area contributed by atoms with Crippen LogP contribution in [0.1, 0.15) is 11.3 Å². The van der Waals surface area contributed by atoms with Crippen LogP contribution in [0, 0.1) is 0 Å². The highest BCUT2D eigenvalue weighted by Crippen LogP contribution is 2.08. The lowest BCUT2D eigenvalue weighted by Gasteiger charge is -1.96. The van der Waals surface area contributed by atoms with Crippen LogP contribution in [0.5, 0.6) is 0 Å². The van der Waals surface area contributed by atoms with Gasteiger partial charge in [0.15, 0.2) is 0 Å². The minimum Gasteiger partial charge on any atom is -0.378 e. The van der Waals surface area contributed by atoms with Crippen molar-refractivity contribution in [2.75, 3.05) is 7.11 Å². The summed E-state index contributed by atoms with van der Waals surface area (Å²) in [7, 11) is 1.66. The van der Waals surface area contributed by atoms with E-state index < -0.39 is 0 Å². The number of nitrogens with zero attached hydrogens (tertiary/aromatic N) is 2. The Hall–Kier alpha value is -1.39. The third-order valence-electron chi connectivity index (χ3n) is 2.10. The Morgan fingerprint density at radius 2 is 2.43 bits per heavy atom. The average Bonchev–Trinajstić information content (AvgIpc) is 2.59. The Balaban J connectivity index is 2.43. The number of hydrogen-bond donors (Lipinski definition) is 1. The maximum atomic E-state index is 5.54. The highest BCUT2D eigenvalue weighted by atomic mass is 16.5. The van der Waals surface area contributed by atoms with Gasteiger partial charge in [0.1, 0.15) is 5.65 Å². The first-order valence-electron chi connectivity index (χ1n) is 4.49. The van der Waals surface area contributed by atoms with E-state index in [0.29, 0.717) is 13.2 Å². The van der Waals surface area contributed by atoms with Crippen molar-refractivity contribution >= 4 is 5.65 Å². The minimum absolute atomic E-state index is 0.541. The summed E-state index contributed by atoms with van der Waals surface area (Å²) in [6, 6.07) is 3.98. The molecule has 14 heavy (non-hydrogen) atoms. The van der Waals surface area contributed by atoms with Crippen molar-refractivity contribution in [3.8, 4) is 0 Å². The molecule has 2 N–H and O–H groups in total. The molecule has 0 aliphatic carbocycles. The van der Waals surface area contributed by atoms with Crippen LogP contribution in [0.15, 0.2) is 24.5 Å². The summed E-state index contributed by atoms with van der Waals surface area (Å²) in [4.78, 5) is 4.39. The average molecular weight is 191 g/mol. The van der Waals surface area contributed by atoms with Gasteiger partial charge in [-0.3, -0.25) is 0 Å². The number of imidazole rings is 1. The molecule has 0 aliphatic heterocycles. The standard InChI is InChI=1S/C10H13N3O/c1-14-7-9-6-13-3-2-8(5-11)4-10(13)12-9/h2-4,6H,5,7,11H2,1H3. The topological polar surface area (TPSA) is 52.5 Å². The first-order valence-corrected chi connectivity index (χ1v) is 4.49. The van der Waals surface area contributed by atoms with Crippen molar-refractivity contribution in [3.63, 3.8) is 0 Å². The predicted octanol–water partition coefficient (Wildman–Crippen LogP) is 0.939. The van der Waals surface area contributed by atoms with Crippen LogP contribution in [-0.4, -0.2) is 16.5 Å². The summed E-state index contributed by atoms with van der Waals surface area (Å²) < 4.78 is 6.98. The van der Waals surface area contributed by atoms with E-state index in [1.807, 2.05) is 28.9 Å². The van der Waals surface area contributed by atoms with Crippen LogP contribution in [0.3, 0.4) is 0 Å². The third-order valence-corrected chi connectivity index (χ3v) is 2.10. The molecule has 0 saturated heterocycles. The summed E-state index contributed by atoms with van der Waals surface area (Å²) in [6.45, 7) is 1.09. The van der Waals surface area contributed by atoms with E-state index in [0.717, 1.165) is 16.9 Å². The molecular weight excluding hydrogens is 178 g/mol. The van der Waals surface area contributed by atoms with Crippen LogP contribution >= 0.6 is 0 Å². The maximum absolute atomic E-state index is 5.54. The smallest absolute Gasteiger partial charge is 0.137 e. The number of pyridine rings is 1. The number of rotatable bonds is 3. The molecule has 0 amide bonds. The fourth-order valence-electron chi connectivity index (χ4n) is 1.42. The largest absolute Gasteiger partial charge is 0.378 e. The van der Waals surface area contributed by atoms with Gasteiger partial charge in [-0.2, -0.15) is 0 Å². The first-order chi connectivity index (χ1) is 6.83. The van der Waals surface area contributed by atoms with Gasteiger partial charge in [0, 0.05) is 26.0 Å². The van der Waals surface area contributed by atoms with E-state index in [-0.39, 0.29) is 0 Å². The molecule has 4 heteroatoms. The van der Waals surface area contributed by atoms with Gasteiger partial charge in [-0.1, -0.05) is 0 Å². The monoisotopic (exact) mass is 191 g/mol. The summed E-state index contributed by atoms with van der Waals surface area (Å²) in [5, 5.41) is 0. The molecule has 0 atom stereocenters. The van der Waals surface area contributed by atoms with Crippen LogP contribution in [0.25, 0.3) is 5.65 Å². The van der Waals surface area contributed by atoms with Crippen molar-refractivity contribution in [1.82, 2.24) is 9.38 Å². The van der Waals surface area contributed by atoms with Crippen LogP contribution in [-0.2, 0) is 17.9 Å². The fraction of sp³-hybridized carbons (Fsp3) is 0.300. The van der Waals surface area contributed by atoms with Gasteiger partial charge in [0.05, 0.1) is 12.3 Å². The summed E-state index contributed by atoms with van der Waals surface area (Å²) >= 11 is 0. The number of hydrogen-bond acceptors (Lipinski definition) is 3. The van der Waals surface area contributed by atoms with Crippen LogP contribution < -0.4 is 5.73 Å². The molecule has 0 spiro atoms. The lowest BCUT2D eigenvalue weighted by atomic mass is 10.3. The Morgan fingerprint density at radius 3 is 3.14 bits per heavy atom. The van der Waals surface area contributed by atoms with Crippen molar-refractivity contribution in [2.24, 2.45) is 5.73 Å². The van der Waals surface area contributed by atoms with Crippen molar-refractivity contribution in [2.45, 2.75) is 13.2 Å². The van der Waals surface area contributed by atoms with Gasteiger partial charge < -0.3 is 14.9 Å². The van der Waals surface area contributed by atoms with Gasteiger partial charge in [0.2, 0.25) is 0 Å². The predicted molar refractivity (Wildman–Crippen MR) is 53.8 cm³/mol. The molecule has 2 rings (SSSR count). The van der Waals surface area contributed by atoms with Crippen molar-refractivity contribution in [3.05, 3.63) is 35.8 Å². The molecule has 0 saturated carbocycles. The zero-order valence-electron chi connectivity index (χ0n) is 8.10. The van der Waals surface area contributed by atoms with Gasteiger partial charge in [-0.15, -0.1) is 0 Å². The lowest BCUT2D eigenvalue weighted by Crippen LogP contribution is -1.96. The van der Waals surface area contributed by atoms with Crippen LogP contribution in [0.2, 0.25) is 0 Å². The Labute approximate surface area is 82.3 Å². The number of ether oxygens (including phenoxy) is 1. The van der Waals surface area contributed by atoms with Gasteiger partial charge in [-0.25, -0.2) is 4.98 Å².